The number of hydrogen-bond donors (Lipinski definition) is 3. The molecule has 0 spiro atoms. The Morgan fingerprint density at radius 3 is 1.67 bits per heavy atom. The minimum atomic E-state index is -0.250. The number of carboxylic acid groups (broad SMARTS) is 1. The lowest BCUT2D eigenvalue weighted by molar-refractivity contribution is -0.122. The Bertz CT molecular complexity index is 95.0. The van der Waals surface area contributed by atoms with Gasteiger partial charge < -0.3 is 15.5 Å². The zero-order valence-electron chi connectivity index (χ0n) is 13.2. The average Bonchev–Trinajstić information content (AvgIpc) is 2.46. The highest BCUT2D eigenvalue weighted by molar-refractivity contribution is 5.32. The molecular weight excluding hydrogens is 230 g/mol. The Balaban J connectivity index is -0.0000000524. The molecule has 1 atom stereocenters. The monoisotopic (exact) mass is 265 g/mol. The highest BCUT2D eigenvalue weighted by Gasteiger charge is 2.01. The van der Waals surface area contributed by atoms with Gasteiger partial charge in [-0.1, -0.05) is 41.0 Å². The summed E-state index contributed by atoms with van der Waals surface area (Å²) >= 11 is 0. The van der Waals surface area contributed by atoms with Crippen LogP contribution in [0.3, 0.4) is 0 Å². The van der Waals surface area contributed by atoms with Crippen LogP contribution in [0.4, 0.5) is 0 Å². The number of rotatable bonds is 5. The smallest absolute Gasteiger partial charge is 0.290 e. The lowest BCUT2D eigenvalue weighted by atomic mass is 10.1. The van der Waals surface area contributed by atoms with Crippen LogP contribution < -0.4 is 5.32 Å². The van der Waals surface area contributed by atoms with Gasteiger partial charge in [0.1, 0.15) is 0 Å². The van der Waals surface area contributed by atoms with Crippen LogP contribution in [-0.2, 0) is 4.79 Å². The van der Waals surface area contributed by atoms with Gasteiger partial charge >= 0.3 is 0 Å². The summed E-state index contributed by atoms with van der Waals surface area (Å²) in [6.45, 7) is 16.2. The van der Waals surface area contributed by atoms with Crippen LogP contribution in [0.25, 0.3) is 0 Å². The van der Waals surface area contributed by atoms with Crippen molar-refractivity contribution < 1.29 is 15.0 Å². The first-order valence-electron chi connectivity index (χ1n) is 6.62. The maximum absolute atomic E-state index is 8.55. The van der Waals surface area contributed by atoms with Crippen LogP contribution in [0, 0.1) is 0 Å². The molecule has 3 N–H and O–H groups in total. The third-order valence-corrected chi connectivity index (χ3v) is 1.52. The predicted octanol–water partition coefficient (Wildman–Crippen LogP) is 3.31. The molecule has 0 amide bonds. The first-order chi connectivity index (χ1) is 8.76. The van der Waals surface area contributed by atoms with E-state index in [1.54, 1.807) is 0 Å². The van der Waals surface area contributed by atoms with Crippen molar-refractivity contribution in [3.8, 4) is 0 Å². The van der Waals surface area contributed by atoms with E-state index in [-0.39, 0.29) is 6.47 Å². The summed E-state index contributed by atoms with van der Waals surface area (Å²) in [7, 11) is 1.94. The lowest BCUT2D eigenvalue weighted by Crippen LogP contribution is -2.25. The summed E-state index contributed by atoms with van der Waals surface area (Å²) in [6, 6.07) is 0.514. The Morgan fingerprint density at radius 1 is 1.17 bits per heavy atom. The van der Waals surface area contributed by atoms with Crippen molar-refractivity contribution in [3.63, 3.8) is 0 Å². The molecule has 4 nitrogen and oxygen atoms in total. The van der Waals surface area contributed by atoms with Crippen molar-refractivity contribution in [2.24, 2.45) is 0 Å². The average molecular weight is 265 g/mol. The van der Waals surface area contributed by atoms with Gasteiger partial charge in [-0.2, -0.15) is 0 Å². The molecule has 0 aromatic heterocycles. The topological polar surface area (TPSA) is 69.6 Å². The number of aliphatic hydroxyl groups is 1. The van der Waals surface area contributed by atoms with E-state index in [0.717, 1.165) is 12.8 Å². The normalized spacial score (nSPS) is 8.39. The van der Waals surface area contributed by atoms with Crippen molar-refractivity contribution in [2.75, 3.05) is 13.7 Å². The molecular formula is C14H35NO3. The summed E-state index contributed by atoms with van der Waals surface area (Å²) in [5, 5.41) is 18.6. The highest BCUT2D eigenvalue weighted by atomic mass is 16.3. The molecule has 0 aromatic rings. The zero-order chi connectivity index (χ0) is 15.8. The van der Waals surface area contributed by atoms with Crippen molar-refractivity contribution in [1.29, 1.82) is 0 Å². The van der Waals surface area contributed by atoms with Gasteiger partial charge in [0.2, 0.25) is 0 Å². The van der Waals surface area contributed by atoms with E-state index in [2.05, 4.69) is 25.4 Å². The number of aliphatic hydroxyl groups excluding tert-OH is 1. The van der Waals surface area contributed by atoms with Crippen LogP contribution >= 0.6 is 0 Å². The van der Waals surface area contributed by atoms with E-state index in [0.29, 0.717) is 12.6 Å². The fourth-order valence-electron chi connectivity index (χ4n) is 0.937. The maximum atomic E-state index is 8.55. The molecule has 114 valence electrons. The zero-order valence-corrected chi connectivity index (χ0v) is 13.2. The molecule has 0 saturated heterocycles. The number of nitrogens with one attached hydrogen (secondary N) is 1. The molecule has 0 fully saturated rings. The lowest BCUT2D eigenvalue weighted by Gasteiger charge is -2.12. The molecule has 1 unspecified atom stereocenters. The summed E-state index contributed by atoms with van der Waals surface area (Å²) in [6.07, 6.45) is 3.23. The molecule has 0 bridgehead atoms. The maximum Gasteiger partial charge on any atom is 0.290 e. The highest BCUT2D eigenvalue weighted by Crippen LogP contribution is 1.98. The van der Waals surface area contributed by atoms with E-state index >= 15 is 0 Å². The number of hydrogen-bond acceptors (Lipinski definition) is 3. The van der Waals surface area contributed by atoms with E-state index in [4.69, 9.17) is 15.0 Å². The van der Waals surface area contributed by atoms with Crippen LogP contribution in [0.15, 0.2) is 13.2 Å². The summed E-state index contributed by atoms with van der Waals surface area (Å²) in [5.41, 5.74) is 0. The van der Waals surface area contributed by atoms with E-state index in [9.17, 15) is 0 Å². The van der Waals surface area contributed by atoms with Gasteiger partial charge in [0.05, 0.1) is 0 Å². The molecule has 0 saturated carbocycles. The van der Waals surface area contributed by atoms with Gasteiger partial charge in [0, 0.05) is 12.6 Å². The van der Waals surface area contributed by atoms with E-state index in [1.807, 2.05) is 34.7 Å². The second-order valence-corrected chi connectivity index (χ2v) is 2.39. The summed E-state index contributed by atoms with van der Waals surface area (Å²) in [4.78, 5) is 8.36. The Morgan fingerprint density at radius 2 is 1.50 bits per heavy atom. The van der Waals surface area contributed by atoms with Crippen LogP contribution in [0.2, 0.25) is 0 Å². The van der Waals surface area contributed by atoms with Crippen molar-refractivity contribution in [1.82, 2.24) is 5.32 Å². The largest absolute Gasteiger partial charge is 0.483 e. The molecule has 0 aliphatic rings. The molecule has 0 radical (unpaired) electrons. The van der Waals surface area contributed by atoms with Crippen LogP contribution in [0.5, 0.6) is 0 Å². The third-order valence-electron chi connectivity index (χ3n) is 1.52. The first kappa shape index (κ1) is 30.3. The second-order valence-electron chi connectivity index (χ2n) is 2.39. The molecule has 0 heterocycles. The van der Waals surface area contributed by atoms with Gasteiger partial charge in [0.15, 0.2) is 0 Å². The standard InChI is InChI=1S/C7H17NO.2C2H6.C2H4.CH2O2/c1-3-4-7(8-2)5-6-9;3*1-2;2-1-3/h7-9H,3-6H2,1-2H3;2*1-2H3;1-2H2;1H,(H,2,3). The van der Waals surface area contributed by atoms with Gasteiger partial charge in [-0.05, 0) is 19.9 Å². The van der Waals surface area contributed by atoms with E-state index < -0.39 is 0 Å². The minimum absolute atomic E-state index is 0.250. The Hall–Kier alpha value is -0.870. The first-order valence-corrected chi connectivity index (χ1v) is 6.62. The van der Waals surface area contributed by atoms with Crippen molar-refractivity contribution >= 4 is 6.47 Å². The van der Waals surface area contributed by atoms with Crippen LogP contribution in [0.1, 0.15) is 53.9 Å². The second kappa shape index (κ2) is 55.9. The molecule has 4 heteroatoms. The van der Waals surface area contributed by atoms with E-state index in [1.165, 1.54) is 6.42 Å². The SMILES string of the molecule is C=C.CC.CC.CCCC(CCO)NC.O=CO. The van der Waals surface area contributed by atoms with Gasteiger partial charge in [-0.25, -0.2) is 0 Å². The minimum Gasteiger partial charge on any atom is -0.483 e. The predicted molar refractivity (Wildman–Crippen MR) is 82.1 cm³/mol. The molecule has 0 aliphatic heterocycles. The van der Waals surface area contributed by atoms with Gasteiger partial charge in [-0.3, -0.25) is 4.79 Å². The summed E-state index contributed by atoms with van der Waals surface area (Å²) < 4.78 is 0. The fraction of sp³-hybridized carbons (Fsp3) is 0.786. The molecule has 0 aliphatic carbocycles. The Kier molecular flexibility index (Phi) is 94.0. The van der Waals surface area contributed by atoms with Crippen molar-refractivity contribution in [2.45, 2.75) is 59.9 Å². The van der Waals surface area contributed by atoms with Gasteiger partial charge in [0.25, 0.3) is 6.47 Å². The quantitative estimate of drug-likeness (QED) is 0.527. The number of carbonyl (C=O) groups is 1. The van der Waals surface area contributed by atoms with Gasteiger partial charge in [-0.15, -0.1) is 13.2 Å². The Labute approximate surface area is 114 Å². The molecule has 0 aromatic carbocycles. The molecule has 0 rings (SSSR count). The third kappa shape index (κ3) is 59.4. The van der Waals surface area contributed by atoms with Crippen molar-refractivity contribution in [3.05, 3.63) is 13.2 Å². The fourth-order valence-corrected chi connectivity index (χ4v) is 0.937. The summed E-state index contributed by atoms with van der Waals surface area (Å²) in [5.74, 6) is 0. The van der Waals surface area contributed by atoms with Crippen LogP contribution in [-0.4, -0.2) is 36.4 Å². The molecule has 18 heavy (non-hydrogen) atoms.